The third kappa shape index (κ3) is 4.04. The van der Waals surface area contributed by atoms with Gasteiger partial charge in [-0.05, 0) is 19.8 Å². The fraction of sp³-hybridized carbons (Fsp3) is 0.643. The molecule has 0 aliphatic rings. The maximum absolute atomic E-state index is 12.1. The number of rotatable bonds is 8. The zero-order valence-corrected chi connectivity index (χ0v) is 12.9. The summed E-state index contributed by atoms with van der Waals surface area (Å²) in [5, 5.41) is 15.7. The van der Waals surface area contributed by atoms with Crippen LogP contribution in [0.1, 0.15) is 48.8 Å². The number of carbonyl (C=O) groups excluding carboxylic acids is 1. The monoisotopic (exact) mass is 297 g/mol. The Balaban J connectivity index is 2.78. The van der Waals surface area contributed by atoms with Crippen molar-refractivity contribution >= 4 is 11.9 Å². The highest BCUT2D eigenvalue weighted by atomic mass is 16.5. The van der Waals surface area contributed by atoms with E-state index in [9.17, 15) is 9.59 Å². The number of carboxylic acids is 1. The Kier molecular flexibility index (Phi) is 6.36. The molecule has 2 N–H and O–H groups in total. The van der Waals surface area contributed by atoms with E-state index in [4.69, 9.17) is 9.84 Å². The Hall–Kier alpha value is -1.89. The average molecular weight is 297 g/mol. The summed E-state index contributed by atoms with van der Waals surface area (Å²) in [6, 6.07) is 0.261. The van der Waals surface area contributed by atoms with Crippen molar-refractivity contribution in [1.29, 1.82) is 0 Å². The van der Waals surface area contributed by atoms with Gasteiger partial charge in [-0.25, -0.2) is 4.79 Å². The number of carbonyl (C=O) groups is 2. The molecule has 1 aromatic heterocycles. The third-order valence-corrected chi connectivity index (χ3v) is 3.59. The van der Waals surface area contributed by atoms with Crippen LogP contribution in [0.4, 0.5) is 0 Å². The summed E-state index contributed by atoms with van der Waals surface area (Å²) >= 11 is 0. The molecule has 0 fully saturated rings. The summed E-state index contributed by atoms with van der Waals surface area (Å²) in [6.45, 7) is 5.90. The lowest BCUT2D eigenvalue weighted by atomic mass is 10.1. The number of aliphatic carboxylic acids is 1. The summed E-state index contributed by atoms with van der Waals surface area (Å²) in [5.41, 5.74) is 1.24. The van der Waals surface area contributed by atoms with Gasteiger partial charge in [0.2, 0.25) is 0 Å². The molecule has 0 spiro atoms. The molecule has 0 saturated heterocycles. The van der Waals surface area contributed by atoms with Gasteiger partial charge in [0, 0.05) is 12.8 Å². The van der Waals surface area contributed by atoms with E-state index in [2.05, 4.69) is 24.3 Å². The smallest absolute Gasteiger partial charge is 0.334 e. The molecule has 118 valence electrons. The molecule has 0 aliphatic heterocycles. The minimum Gasteiger partial charge on any atom is -0.479 e. The zero-order chi connectivity index (χ0) is 16.0. The summed E-state index contributed by atoms with van der Waals surface area (Å²) in [4.78, 5) is 22.9. The normalized spacial score (nSPS) is 12.4. The van der Waals surface area contributed by atoms with Crippen molar-refractivity contribution in [1.82, 2.24) is 15.1 Å². The van der Waals surface area contributed by atoms with Crippen molar-refractivity contribution in [3.05, 3.63) is 17.5 Å². The summed E-state index contributed by atoms with van der Waals surface area (Å²) in [5.74, 6) is -1.45. The van der Waals surface area contributed by atoms with Crippen molar-refractivity contribution in [2.75, 3.05) is 13.7 Å². The van der Waals surface area contributed by atoms with Crippen molar-refractivity contribution in [2.24, 2.45) is 0 Å². The van der Waals surface area contributed by atoms with Crippen LogP contribution in [0.15, 0.2) is 6.20 Å². The molecule has 7 heteroatoms. The highest BCUT2D eigenvalue weighted by Crippen LogP contribution is 2.19. The maximum atomic E-state index is 12.1. The standard InChI is InChI=1S/C14H23N3O4/c1-5-10(6-2)17-9(3)11(7-16-17)13(18)15-8-12(21-4)14(19)20/h7,10,12H,5-6,8H2,1-4H3,(H,15,18)(H,19,20). The van der Waals surface area contributed by atoms with E-state index in [-0.39, 0.29) is 18.5 Å². The van der Waals surface area contributed by atoms with Gasteiger partial charge in [0.1, 0.15) is 0 Å². The average Bonchev–Trinajstić information content (AvgIpc) is 2.82. The molecule has 0 aliphatic carbocycles. The van der Waals surface area contributed by atoms with E-state index in [1.54, 1.807) is 0 Å². The molecule has 1 heterocycles. The topological polar surface area (TPSA) is 93.5 Å². The van der Waals surface area contributed by atoms with E-state index in [0.29, 0.717) is 5.56 Å². The number of hydrogen-bond acceptors (Lipinski definition) is 4. The van der Waals surface area contributed by atoms with E-state index in [1.807, 2.05) is 11.6 Å². The minimum absolute atomic E-state index is 0.0831. The Morgan fingerprint density at radius 2 is 2.05 bits per heavy atom. The van der Waals surface area contributed by atoms with Crippen LogP contribution >= 0.6 is 0 Å². The van der Waals surface area contributed by atoms with Gasteiger partial charge in [0.05, 0.1) is 24.3 Å². The van der Waals surface area contributed by atoms with E-state index >= 15 is 0 Å². The first-order valence-corrected chi connectivity index (χ1v) is 7.04. The zero-order valence-electron chi connectivity index (χ0n) is 12.9. The molecule has 0 bridgehead atoms. The summed E-state index contributed by atoms with van der Waals surface area (Å²) < 4.78 is 6.62. The van der Waals surface area contributed by atoms with Gasteiger partial charge >= 0.3 is 5.97 Å². The predicted molar refractivity (Wildman–Crippen MR) is 77.3 cm³/mol. The van der Waals surface area contributed by atoms with Crippen molar-refractivity contribution in [3.8, 4) is 0 Å². The minimum atomic E-state index is -1.11. The number of nitrogens with zero attached hydrogens (tertiary/aromatic N) is 2. The van der Waals surface area contributed by atoms with Crippen LogP contribution in [-0.4, -0.2) is 46.5 Å². The van der Waals surface area contributed by atoms with Gasteiger partial charge in [0.15, 0.2) is 6.10 Å². The Labute approximate surface area is 124 Å². The quantitative estimate of drug-likeness (QED) is 0.756. The molecule has 7 nitrogen and oxygen atoms in total. The number of hydrogen-bond donors (Lipinski definition) is 2. The number of amides is 1. The third-order valence-electron chi connectivity index (χ3n) is 3.59. The Bertz CT molecular complexity index is 494. The molecule has 1 amide bonds. The van der Waals surface area contributed by atoms with Crippen molar-refractivity contribution in [3.63, 3.8) is 0 Å². The molecule has 1 rings (SSSR count). The van der Waals surface area contributed by atoms with Gasteiger partial charge < -0.3 is 15.2 Å². The molecule has 1 unspecified atom stereocenters. The maximum Gasteiger partial charge on any atom is 0.334 e. The second kappa shape index (κ2) is 7.78. The largest absolute Gasteiger partial charge is 0.479 e. The van der Waals surface area contributed by atoms with Gasteiger partial charge in [-0.2, -0.15) is 5.10 Å². The van der Waals surface area contributed by atoms with E-state index in [0.717, 1.165) is 18.5 Å². The number of carboxylic acid groups (broad SMARTS) is 1. The fourth-order valence-corrected chi connectivity index (χ4v) is 2.20. The van der Waals surface area contributed by atoms with Crippen LogP contribution in [0.2, 0.25) is 0 Å². The summed E-state index contributed by atoms with van der Waals surface area (Å²) in [6.07, 6.45) is 2.34. The number of nitrogens with one attached hydrogen (secondary N) is 1. The lowest BCUT2D eigenvalue weighted by Gasteiger charge is -2.15. The molecular weight excluding hydrogens is 274 g/mol. The fourth-order valence-electron chi connectivity index (χ4n) is 2.20. The van der Waals surface area contributed by atoms with Crippen LogP contribution in [0.3, 0.4) is 0 Å². The highest BCUT2D eigenvalue weighted by Gasteiger charge is 2.21. The molecule has 1 atom stereocenters. The molecule has 0 saturated carbocycles. The van der Waals surface area contributed by atoms with Gasteiger partial charge in [-0.1, -0.05) is 13.8 Å². The van der Waals surface area contributed by atoms with E-state index in [1.165, 1.54) is 13.3 Å². The first-order valence-electron chi connectivity index (χ1n) is 7.04. The second-order valence-electron chi connectivity index (χ2n) is 4.83. The van der Waals surface area contributed by atoms with E-state index < -0.39 is 12.1 Å². The van der Waals surface area contributed by atoms with Crippen LogP contribution in [-0.2, 0) is 9.53 Å². The van der Waals surface area contributed by atoms with Gasteiger partial charge in [-0.3, -0.25) is 9.48 Å². The Morgan fingerprint density at radius 1 is 1.43 bits per heavy atom. The second-order valence-corrected chi connectivity index (χ2v) is 4.83. The van der Waals surface area contributed by atoms with Gasteiger partial charge in [-0.15, -0.1) is 0 Å². The van der Waals surface area contributed by atoms with Crippen LogP contribution in [0.25, 0.3) is 0 Å². The molecule has 21 heavy (non-hydrogen) atoms. The lowest BCUT2D eigenvalue weighted by Crippen LogP contribution is -2.38. The first kappa shape index (κ1) is 17.2. The predicted octanol–water partition coefficient (Wildman–Crippen LogP) is 1.38. The number of aromatic nitrogens is 2. The van der Waals surface area contributed by atoms with Crippen molar-refractivity contribution < 1.29 is 19.4 Å². The van der Waals surface area contributed by atoms with Crippen LogP contribution in [0.5, 0.6) is 0 Å². The molecule has 0 aromatic carbocycles. The van der Waals surface area contributed by atoms with Crippen LogP contribution in [0, 0.1) is 6.92 Å². The highest BCUT2D eigenvalue weighted by molar-refractivity contribution is 5.95. The molecule has 1 aromatic rings. The van der Waals surface area contributed by atoms with Crippen LogP contribution < -0.4 is 5.32 Å². The van der Waals surface area contributed by atoms with Gasteiger partial charge in [0.25, 0.3) is 5.91 Å². The lowest BCUT2D eigenvalue weighted by molar-refractivity contribution is -0.148. The first-order chi connectivity index (χ1) is 9.96. The number of ether oxygens (including phenoxy) is 1. The molecular formula is C14H23N3O4. The molecule has 0 radical (unpaired) electrons. The Morgan fingerprint density at radius 3 is 2.52 bits per heavy atom. The summed E-state index contributed by atoms with van der Waals surface area (Å²) in [7, 11) is 1.29. The SMILES string of the molecule is CCC(CC)n1ncc(C(=O)NCC(OC)C(=O)O)c1C. The number of methoxy groups -OCH3 is 1. The van der Waals surface area contributed by atoms with Crippen molar-refractivity contribution in [2.45, 2.75) is 45.8 Å².